The van der Waals surface area contributed by atoms with E-state index in [0.717, 1.165) is 10.7 Å². The number of rotatable bonds is 3. The van der Waals surface area contributed by atoms with Crippen molar-refractivity contribution >= 4 is 11.8 Å². The van der Waals surface area contributed by atoms with Crippen molar-refractivity contribution in [1.82, 2.24) is 9.78 Å². The third kappa shape index (κ3) is 2.56. The van der Waals surface area contributed by atoms with Crippen LogP contribution in [0.25, 0.3) is 5.69 Å². The molecule has 0 atom stereocenters. The monoisotopic (exact) mass is 323 g/mol. The molecule has 0 fully saturated rings. The number of ether oxygens (including phenoxy) is 1. The predicted octanol–water partition coefficient (Wildman–Crippen LogP) is 2.70. The zero-order valence-electron chi connectivity index (χ0n) is 12.1. The van der Waals surface area contributed by atoms with Gasteiger partial charge in [-0.05, 0) is 19.1 Å². The Morgan fingerprint density at radius 2 is 2.09 bits per heavy atom. The fourth-order valence-electron chi connectivity index (χ4n) is 2.31. The van der Waals surface area contributed by atoms with Crippen LogP contribution in [0.3, 0.4) is 0 Å². The fourth-order valence-corrected chi connectivity index (χ4v) is 2.31. The van der Waals surface area contributed by atoms with Gasteiger partial charge in [-0.2, -0.15) is 5.10 Å². The minimum atomic E-state index is -1.34. The Morgan fingerprint density at radius 3 is 2.83 bits per heavy atom. The summed E-state index contributed by atoms with van der Waals surface area (Å²) in [6.45, 7) is 1.93. The van der Waals surface area contributed by atoms with Crippen LogP contribution in [0.15, 0.2) is 30.1 Å². The van der Waals surface area contributed by atoms with Gasteiger partial charge in [-0.1, -0.05) is 0 Å². The summed E-state index contributed by atoms with van der Waals surface area (Å²) in [4.78, 5) is 11.7. The molecule has 120 valence electrons. The summed E-state index contributed by atoms with van der Waals surface area (Å²) in [5.74, 6) is -3.68. The lowest BCUT2D eigenvalue weighted by molar-refractivity contribution is -0.138. The van der Waals surface area contributed by atoms with E-state index in [2.05, 4.69) is 10.4 Å². The molecule has 0 aliphatic carbocycles. The van der Waals surface area contributed by atoms with Crippen LogP contribution in [-0.4, -0.2) is 22.4 Å². The van der Waals surface area contributed by atoms with Gasteiger partial charge in [-0.15, -0.1) is 0 Å². The van der Waals surface area contributed by atoms with E-state index in [-0.39, 0.29) is 18.8 Å². The predicted molar refractivity (Wildman–Crippen MR) is 75.5 cm³/mol. The number of nitrogens with zero attached hydrogens (tertiary/aromatic N) is 2. The first kappa shape index (κ1) is 15.1. The highest BCUT2D eigenvalue weighted by Gasteiger charge is 2.25. The van der Waals surface area contributed by atoms with Gasteiger partial charge in [0.15, 0.2) is 17.5 Å². The number of benzene rings is 1. The van der Waals surface area contributed by atoms with Gasteiger partial charge in [0.1, 0.15) is 11.5 Å². The number of aromatic nitrogens is 2. The average Bonchev–Trinajstić information content (AvgIpc) is 2.95. The Balaban J connectivity index is 1.99. The van der Waals surface area contributed by atoms with Gasteiger partial charge < -0.3 is 10.1 Å². The maximum Gasteiger partial charge on any atom is 0.335 e. The van der Waals surface area contributed by atoms with Crippen molar-refractivity contribution in [2.45, 2.75) is 13.3 Å². The summed E-state index contributed by atoms with van der Waals surface area (Å²) in [6, 6.07) is 1.53. The zero-order valence-corrected chi connectivity index (χ0v) is 12.1. The van der Waals surface area contributed by atoms with Crippen molar-refractivity contribution in [3.05, 3.63) is 53.1 Å². The minimum Gasteiger partial charge on any atom is -0.463 e. The Morgan fingerprint density at radius 1 is 1.35 bits per heavy atom. The highest BCUT2D eigenvalue weighted by molar-refractivity contribution is 5.90. The normalized spacial score (nSPS) is 13.1. The number of hydrogen-bond acceptors (Lipinski definition) is 4. The van der Waals surface area contributed by atoms with E-state index in [1.807, 2.05) is 0 Å². The molecule has 1 N–H and O–H groups in total. The van der Waals surface area contributed by atoms with Crippen LogP contribution >= 0.6 is 0 Å². The smallest absolute Gasteiger partial charge is 0.335 e. The van der Waals surface area contributed by atoms with E-state index in [4.69, 9.17) is 4.74 Å². The van der Waals surface area contributed by atoms with Gasteiger partial charge in [0, 0.05) is 18.2 Å². The average molecular weight is 323 g/mol. The third-order valence-electron chi connectivity index (χ3n) is 3.38. The largest absolute Gasteiger partial charge is 0.463 e. The van der Waals surface area contributed by atoms with E-state index in [1.165, 1.54) is 12.4 Å². The molecule has 0 saturated heterocycles. The molecule has 3 rings (SSSR count). The molecule has 2 aromatic rings. The second kappa shape index (κ2) is 5.79. The lowest BCUT2D eigenvalue weighted by Gasteiger charge is -2.16. The zero-order chi connectivity index (χ0) is 16.6. The maximum atomic E-state index is 13.9. The van der Waals surface area contributed by atoms with Crippen LogP contribution in [0.2, 0.25) is 0 Å². The molecule has 0 amide bonds. The summed E-state index contributed by atoms with van der Waals surface area (Å²) in [5.41, 5.74) is 0.282. The number of nitrogens with one attached hydrogen (secondary N) is 1. The van der Waals surface area contributed by atoms with E-state index < -0.39 is 29.1 Å². The molecule has 0 spiro atoms. The molecular formula is C15H12F3N3O2. The van der Waals surface area contributed by atoms with Crippen LogP contribution in [0, 0.1) is 17.5 Å². The molecule has 1 aliphatic rings. The van der Waals surface area contributed by atoms with Gasteiger partial charge >= 0.3 is 5.97 Å². The number of anilines is 1. The molecule has 1 aliphatic heterocycles. The Labute approximate surface area is 129 Å². The van der Waals surface area contributed by atoms with E-state index in [1.54, 1.807) is 6.92 Å². The number of carbonyl (C=O) groups is 1. The van der Waals surface area contributed by atoms with Crippen LogP contribution < -0.4 is 5.32 Å². The third-order valence-corrected chi connectivity index (χ3v) is 3.38. The van der Waals surface area contributed by atoms with Crippen LogP contribution in [0.1, 0.15) is 12.5 Å². The SMILES string of the molecule is CCOC(=O)C1=CNc2c(cnn2-c2c(F)ccc(F)c2F)C1. The molecular weight excluding hydrogens is 311 g/mol. The van der Waals surface area contributed by atoms with Crippen LogP contribution in [0.4, 0.5) is 19.0 Å². The van der Waals surface area contributed by atoms with Crippen molar-refractivity contribution in [3.63, 3.8) is 0 Å². The first-order valence-corrected chi connectivity index (χ1v) is 6.86. The Hall–Kier alpha value is -2.77. The van der Waals surface area contributed by atoms with Crippen LogP contribution in [0.5, 0.6) is 0 Å². The Kier molecular flexibility index (Phi) is 3.81. The molecule has 8 heteroatoms. The number of carbonyl (C=O) groups excluding carboxylic acids is 1. The van der Waals surface area contributed by atoms with Gasteiger partial charge in [-0.25, -0.2) is 22.6 Å². The van der Waals surface area contributed by atoms with Crippen LogP contribution in [-0.2, 0) is 16.0 Å². The molecule has 23 heavy (non-hydrogen) atoms. The number of halogens is 3. The van der Waals surface area contributed by atoms with Gasteiger partial charge in [0.2, 0.25) is 0 Å². The lowest BCUT2D eigenvalue weighted by Crippen LogP contribution is -2.17. The highest BCUT2D eigenvalue weighted by Crippen LogP contribution is 2.29. The Bertz CT molecular complexity index is 815. The topological polar surface area (TPSA) is 56.1 Å². The quantitative estimate of drug-likeness (QED) is 0.697. The number of esters is 1. The van der Waals surface area contributed by atoms with E-state index >= 15 is 0 Å². The molecule has 2 heterocycles. The summed E-state index contributed by atoms with van der Waals surface area (Å²) in [6.07, 6.45) is 2.94. The number of hydrogen-bond donors (Lipinski definition) is 1. The summed E-state index contributed by atoms with van der Waals surface area (Å²) >= 11 is 0. The first-order chi connectivity index (χ1) is 11.0. The van der Waals surface area contributed by atoms with Crippen molar-refractivity contribution in [3.8, 4) is 5.69 Å². The minimum absolute atomic E-state index is 0.194. The first-order valence-electron chi connectivity index (χ1n) is 6.86. The van der Waals surface area contributed by atoms with Gasteiger partial charge in [0.25, 0.3) is 0 Å². The van der Waals surface area contributed by atoms with Crippen molar-refractivity contribution in [2.75, 3.05) is 11.9 Å². The standard InChI is InChI=1S/C15H12F3N3O2/c1-2-23-15(22)9-5-8-7-20-21(14(8)19-6-9)13-11(17)4-3-10(16)12(13)18/h3-4,6-7,19H,2,5H2,1H3. The van der Waals surface area contributed by atoms with Crippen molar-refractivity contribution in [1.29, 1.82) is 0 Å². The van der Waals surface area contributed by atoms with Gasteiger partial charge in [-0.3, -0.25) is 0 Å². The fraction of sp³-hybridized carbons (Fsp3) is 0.200. The van der Waals surface area contributed by atoms with Gasteiger partial charge in [0.05, 0.1) is 18.4 Å². The number of fused-ring (bicyclic) bond motifs is 1. The highest BCUT2D eigenvalue weighted by atomic mass is 19.2. The molecule has 0 radical (unpaired) electrons. The second-order valence-electron chi connectivity index (χ2n) is 4.83. The molecule has 0 bridgehead atoms. The maximum absolute atomic E-state index is 13.9. The van der Waals surface area contributed by atoms with Crippen molar-refractivity contribution < 1.29 is 22.7 Å². The second-order valence-corrected chi connectivity index (χ2v) is 4.83. The van der Waals surface area contributed by atoms with Crippen molar-refractivity contribution in [2.24, 2.45) is 0 Å². The van der Waals surface area contributed by atoms with E-state index in [0.29, 0.717) is 17.2 Å². The molecule has 5 nitrogen and oxygen atoms in total. The molecule has 0 unspecified atom stereocenters. The molecule has 1 aromatic carbocycles. The molecule has 0 saturated carbocycles. The van der Waals surface area contributed by atoms with E-state index in [9.17, 15) is 18.0 Å². The summed E-state index contributed by atoms with van der Waals surface area (Å²) < 4.78 is 47.0. The summed E-state index contributed by atoms with van der Waals surface area (Å²) in [7, 11) is 0. The lowest BCUT2D eigenvalue weighted by atomic mass is 10.1. The molecule has 1 aromatic heterocycles. The summed E-state index contributed by atoms with van der Waals surface area (Å²) in [5, 5.41) is 6.65.